The molecule has 0 spiro atoms. The molecule has 0 atom stereocenters. The van der Waals surface area contributed by atoms with Gasteiger partial charge in [-0.1, -0.05) is 6.07 Å². The predicted molar refractivity (Wildman–Crippen MR) is 62.2 cm³/mol. The molecule has 1 N–H and O–H groups in total. The highest BCUT2D eigenvalue weighted by Crippen LogP contribution is 2.08. The molecule has 0 fully saturated rings. The number of anilines is 1. The van der Waals surface area contributed by atoms with Gasteiger partial charge in [0.2, 0.25) is 0 Å². The maximum atomic E-state index is 12.8. The highest BCUT2D eigenvalue weighted by atomic mass is 19.1. The summed E-state index contributed by atoms with van der Waals surface area (Å²) in [7, 11) is 1.65. The van der Waals surface area contributed by atoms with Crippen LogP contribution in [0.1, 0.15) is 6.42 Å². The highest BCUT2D eigenvalue weighted by Gasteiger charge is 1.94. The second-order valence-electron chi connectivity index (χ2n) is 3.40. The number of rotatable bonds is 8. The van der Waals surface area contributed by atoms with Crippen molar-refractivity contribution in [1.82, 2.24) is 0 Å². The van der Waals surface area contributed by atoms with Gasteiger partial charge in [0, 0.05) is 25.9 Å². The van der Waals surface area contributed by atoms with Crippen LogP contribution in [-0.2, 0) is 9.47 Å². The molecule has 0 bridgehead atoms. The fourth-order valence-corrected chi connectivity index (χ4v) is 1.25. The fourth-order valence-electron chi connectivity index (χ4n) is 1.25. The van der Waals surface area contributed by atoms with Gasteiger partial charge < -0.3 is 14.8 Å². The van der Waals surface area contributed by atoms with E-state index in [1.807, 2.05) is 6.07 Å². The van der Waals surface area contributed by atoms with E-state index in [1.54, 1.807) is 13.2 Å². The molecule has 0 radical (unpaired) electrons. The van der Waals surface area contributed by atoms with Crippen molar-refractivity contribution >= 4 is 5.69 Å². The third-order valence-electron chi connectivity index (χ3n) is 2.05. The lowest BCUT2D eigenvalue weighted by Gasteiger charge is -2.06. The second kappa shape index (κ2) is 8.07. The monoisotopic (exact) mass is 227 g/mol. The summed E-state index contributed by atoms with van der Waals surface area (Å²) in [5, 5.41) is 3.13. The minimum Gasteiger partial charge on any atom is -0.385 e. The number of hydrogen-bond acceptors (Lipinski definition) is 3. The molecule has 1 aromatic rings. The summed E-state index contributed by atoms with van der Waals surface area (Å²) >= 11 is 0. The van der Waals surface area contributed by atoms with Crippen LogP contribution in [0.3, 0.4) is 0 Å². The molecule has 0 amide bonds. The van der Waals surface area contributed by atoms with Crippen LogP contribution in [0.2, 0.25) is 0 Å². The van der Waals surface area contributed by atoms with Crippen LogP contribution in [0.15, 0.2) is 24.3 Å². The topological polar surface area (TPSA) is 30.5 Å². The van der Waals surface area contributed by atoms with Crippen LogP contribution >= 0.6 is 0 Å². The summed E-state index contributed by atoms with van der Waals surface area (Å²) < 4.78 is 22.9. The Kier molecular flexibility index (Phi) is 6.53. The molecule has 0 saturated carbocycles. The van der Waals surface area contributed by atoms with Crippen molar-refractivity contribution in [2.45, 2.75) is 6.42 Å². The highest BCUT2D eigenvalue weighted by molar-refractivity contribution is 5.42. The van der Waals surface area contributed by atoms with Crippen molar-refractivity contribution in [3.05, 3.63) is 30.1 Å². The normalized spacial score (nSPS) is 10.4. The summed E-state index contributed by atoms with van der Waals surface area (Å²) in [6.45, 7) is 2.70. The predicted octanol–water partition coefficient (Wildman–Crippen LogP) is 2.29. The van der Waals surface area contributed by atoms with Gasteiger partial charge in [-0.05, 0) is 24.6 Å². The molecule has 0 aliphatic rings. The zero-order valence-electron chi connectivity index (χ0n) is 9.54. The van der Waals surface area contributed by atoms with Crippen molar-refractivity contribution in [2.75, 3.05) is 38.8 Å². The maximum Gasteiger partial charge on any atom is 0.125 e. The zero-order chi connectivity index (χ0) is 11.6. The standard InChI is InChI=1S/C12H18FNO2/c1-15-8-9-16-7-3-6-14-12-5-2-4-11(13)10-12/h2,4-5,10,14H,3,6-9H2,1H3. The molecule has 90 valence electrons. The first-order chi connectivity index (χ1) is 7.83. The molecular weight excluding hydrogens is 209 g/mol. The average molecular weight is 227 g/mol. The molecule has 3 nitrogen and oxygen atoms in total. The lowest BCUT2D eigenvalue weighted by molar-refractivity contribution is 0.0705. The Bertz CT molecular complexity index is 294. The van der Waals surface area contributed by atoms with E-state index in [4.69, 9.17) is 9.47 Å². The van der Waals surface area contributed by atoms with Gasteiger partial charge >= 0.3 is 0 Å². The summed E-state index contributed by atoms with van der Waals surface area (Å²) in [6, 6.07) is 6.44. The zero-order valence-corrected chi connectivity index (χ0v) is 9.54. The molecule has 0 aliphatic heterocycles. The van der Waals surface area contributed by atoms with Crippen LogP contribution in [0.4, 0.5) is 10.1 Å². The quantitative estimate of drug-likeness (QED) is 0.691. The van der Waals surface area contributed by atoms with Crippen LogP contribution in [-0.4, -0.2) is 33.5 Å². The minimum absolute atomic E-state index is 0.221. The molecule has 16 heavy (non-hydrogen) atoms. The molecule has 0 aromatic heterocycles. The summed E-state index contributed by atoms with van der Waals surface area (Å²) in [5.74, 6) is -0.221. The van der Waals surface area contributed by atoms with Crippen LogP contribution in [0.5, 0.6) is 0 Å². The summed E-state index contributed by atoms with van der Waals surface area (Å²) in [5.41, 5.74) is 0.803. The Morgan fingerprint density at radius 2 is 2.12 bits per heavy atom. The molecular formula is C12H18FNO2. The molecule has 1 rings (SSSR count). The van der Waals surface area contributed by atoms with Crippen molar-refractivity contribution in [3.8, 4) is 0 Å². The molecule has 4 heteroatoms. The Morgan fingerprint density at radius 1 is 1.25 bits per heavy atom. The summed E-state index contributed by atoms with van der Waals surface area (Å²) in [4.78, 5) is 0. The van der Waals surface area contributed by atoms with E-state index in [9.17, 15) is 4.39 Å². The lowest BCUT2D eigenvalue weighted by atomic mass is 10.3. The van der Waals surface area contributed by atoms with Crippen molar-refractivity contribution < 1.29 is 13.9 Å². The number of hydrogen-bond donors (Lipinski definition) is 1. The Hall–Kier alpha value is -1.13. The van der Waals surface area contributed by atoms with Crippen molar-refractivity contribution in [2.24, 2.45) is 0 Å². The lowest BCUT2D eigenvalue weighted by Crippen LogP contribution is -2.08. The smallest absolute Gasteiger partial charge is 0.125 e. The number of benzene rings is 1. The van der Waals surface area contributed by atoms with E-state index < -0.39 is 0 Å². The molecule has 0 unspecified atom stereocenters. The largest absolute Gasteiger partial charge is 0.385 e. The fraction of sp³-hybridized carbons (Fsp3) is 0.500. The van der Waals surface area contributed by atoms with E-state index in [1.165, 1.54) is 12.1 Å². The Morgan fingerprint density at radius 3 is 2.88 bits per heavy atom. The average Bonchev–Trinajstić information content (AvgIpc) is 2.28. The first kappa shape index (κ1) is 12.9. The first-order valence-corrected chi connectivity index (χ1v) is 5.39. The van der Waals surface area contributed by atoms with Crippen molar-refractivity contribution in [1.29, 1.82) is 0 Å². The van der Waals surface area contributed by atoms with E-state index in [-0.39, 0.29) is 5.82 Å². The van der Waals surface area contributed by atoms with Crippen LogP contribution < -0.4 is 5.32 Å². The third-order valence-corrected chi connectivity index (χ3v) is 2.05. The van der Waals surface area contributed by atoms with Gasteiger partial charge in [0.05, 0.1) is 13.2 Å². The molecule has 0 heterocycles. The number of methoxy groups -OCH3 is 1. The van der Waals surface area contributed by atoms with E-state index >= 15 is 0 Å². The Labute approximate surface area is 95.6 Å². The van der Waals surface area contributed by atoms with Crippen molar-refractivity contribution in [3.63, 3.8) is 0 Å². The number of halogens is 1. The van der Waals surface area contributed by atoms with E-state index in [0.717, 1.165) is 18.7 Å². The maximum absolute atomic E-state index is 12.8. The summed E-state index contributed by atoms with van der Waals surface area (Å²) in [6.07, 6.45) is 0.889. The number of ether oxygens (including phenoxy) is 2. The van der Waals surface area contributed by atoms with Gasteiger partial charge in [0.15, 0.2) is 0 Å². The van der Waals surface area contributed by atoms with Crippen LogP contribution in [0, 0.1) is 5.82 Å². The van der Waals surface area contributed by atoms with Gasteiger partial charge in [-0.15, -0.1) is 0 Å². The van der Waals surface area contributed by atoms with Crippen LogP contribution in [0.25, 0.3) is 0 Å². The molecule has 0 aliphatic carbocycles. The second-order valence-corrected chi connectivity index (χ2v) is 3.40. The Balaban J connectivity index is 2.03. The van der Waals surface area contributed by atoms with Gasteiger partial charge in [-0.25, -0.2) is 4.39 Å². The minimum atomic E-state index is -0.221. The van der Waals surface area contributed by atoms with Gasteiger partial charge in [-0.3, -0.25) is 0 Å². The SMILES string of the molecule is COCCOCCCNc1cccc(F)c1. The first-order valence-electron chi connectivity index (χ1n) is 5.39. The van der Waals surface area contributed by atoms with E-state index in [2.05, 4.69) is 5.32 Å². The molecule has 1 aromatic carbocycles. The number of nitrogens with one attached hydrogen (secondary N) is 1. The van der Waals surface area contributed by atoms with E-state index in [0.29, 0.717) is 19.8 Å². The molecule has 0 saturated heterocycles. The third kappa shape index (κ3) is 5.68. The van der Waals surface area contributed by atoms with Gasteiger partial charge in [0.1, 0.15) is 5.82 Å². The van der Waals surface area contributed by atoms with Gasteiger partial charge in [-0.2, -0.15) is 0 Å². The van der Waals surface area contributed by atoms with Gasteiger partial charge in [0.25, 0.3) is 0 Å².